The first-order valence-corrected chi connectivity index (χ1v) is 7.32. The van der Waals surface area contributed by atoms with E-state index in [2.05, 4.69) is 30.6 Å². The highest BCUT2D eigenvalue weighted by Gasteiger charge is 2.24. The maximum Gasteiger partial charge on any atom is 0.245 e. The molecule has 3 aromatic rings. The Morgan fingerprint density at radius 3 is 2.38 bits per heavy atom. The fourth-order valence-corrected chi connectivity index (χ4v) is 2.31. The van der Waals surface area contributed by atoms with E-state index in [4.69, 9.17) is 9.47 Å². The Morgan fingerprint density at radius 1 is 1.12 bits per heavy atom. The molecule has 0 spiro atoms. The minimum Gasteiger partial charge on any atom is -0.479 e. The molecule has 0 aliphatic rings. The van der Waals surface area contributed by atoms with Crippen LogP contribution in [0.15, 0.2) is 18.6 Å². The molecular formula is C14H18N8O2. The average Bonchev–Trinajstić information content (AvgIpc) is 3.20. The van der Waals surface area contributed by atoms with Crippen LogP contribution in [0.1, 0.15) is 6.92 Å². The minimum atomic E-state index is 0.345. The van der Waals surface area contributed by atoms with Crippen molar-refractivity contribution >= 4 is 5.95 Å². The van der Waals surface area contributed by atoms with Crippen molar-refractivity contribution in [3.05, 3.63) is 18.6 Å². The van der Waals surface area contributed by atoms with Crippen molar-refractivity contribution in [2.45, 2.75) is 6.92 Å². The lowest BCUT2D eigenvalue weighted by molar-refractivity contribution is 0.368. The Hall–Kier alpha value is -3.17. The quantitative estimate of drug-likeness (QED) is 0.711. The second-order valence-electron chi connectivity index (χ2n) is 4.83. The molecule has 10 heteroatoms. The number of hydrogen-bond acceptors (Lipinski definition) is 8. The van der Waals surface area contributed by atoms with Gasteiger partial charge in [-0.25, -0.2) is 4.57 Å². The van der Waals surface area contributed by atoms with E-state index in [-0.39, 0.29) is 0 Å². The summed E-state index contributed by atoms with van der Waals surface area (Å²) in [5.41, 5.74) is 1.16. The van der Waals surface area contributed by atoms with Gasteiger partial charge < -0.3 is 14.8 Å². The van der Waals surface area contributed by atoms with Crippen LogP contribution in [0.5, 0.6) is 11.8 Å². The number of aryl methyl sites for hydroxylation is 1. The van der Waals surface area contributed by atoms with E-state index in [0.29, 0.717) is 41.5 Å². The molecule has 0 aromatic carbocycles. The third-order valence-electron chi connectivity index (χ3n) is 3.31. The molecule has 0 saturated carbocycles. The van der Waals surface area contributed by atoms with Crippen molar-refractivity contribution < 1.29 is 9.47 Å². The molecule has 3 rings (SSSR count). The van der Waals surface area contributed by atoms with Gasteiger partial charge in [0, 0.05) is 19.8 Å². The zero-order chi connectivity index (χ0) is 17.1. The second kappa shape index (κ2) is 6.52. The first kappa shape index (κ1) is 15.7. The summed E-state index contributed by atoms with van der Waals surface area (Å²) in [6.07, 6.45) is 3.20. The predicted octanol–water partition coefficient (Wildman–Crippen LogP) is 0.907. The standard InChI is InChI=1S/C14H18N8O2/c1-5-15-14-19-18-11(9-6-7-21(2)20-9)22(14)10-12(23-3)16-8-17-13(10)24-4/h6-8H,5H2,1-4H3,(H,15,19). The lowest BCUT2D eigenvalue weighted by Gasteiger charge is -2.14. The Balaban J connectivity index is 2.28. The van der Waals surface area contributed by atoms with Crippen molar-refractivity contribution in [1.29, 1.82) is 0 Å². The van der Waals surface area contributed by atoms with Crippen LogP contribution >= 0.6 is 0 Å². The highest BCUT2D eigenvalue weighted by Crippen LogP contribution is 2.34. The second-order valence-corrected chi connectivity index (χ2v) is 4.83. The smallest absolute Gasteiger partial charge is 0.245 e. The van der Waals surface area contributed by atoms with Crippen LogP contribution in [0.25, 0.3) is 17.2 Å². The Morgan fingerprint density at radius 2 is 1.83 bits per heavy atom. The van der Waals surface area contributed by atoms with Crippen LogP contribution < -0.4 is 14.8 Å². The van der Waals surface area contributed by atoms with Crippen LogP contribution in [0.2, 0.25) is 0 Å². The summed E-state index contributed by atoms with van der Waals surface area (Å²) >= 11 is 0. The Bertz CT molecular complexity index is 819. The molecule has 0 aliphatic heterocycles. The van der Waals surface area contributed by atoms with Gasteiger partial charge in [0.05, 0.1) is 14.2 Å². The summed E-state index contributed by atoms with van der Waals surface area (Å²) in [6.45, 7) is 2.63. The van der Waals surface area contributed by atoms with Crippen LogP contribution in [-0.2, 0) is 7.05 Å². The molecule has 10 nitrogen and oxygen atoms in total. The van der Waals surface area contributed by atoms with Crippen LogP contribution in [0.3, 0.4) is 0 Å². The van der Waals surface area contributed by atoms with Crippen molar-refractivity contribution in [3.63, 3.8) is 0 Å². The van der Waals surface area contributed by atoms with Crippen LogP contribution in [-0.4, -0.2) is 55.3 Å². The number of ether oxygens (including phenoxy) is 2. The molecule has 1 N–H and O–H groups in total. The molecule has 3 heterocycles. The van der Waals surface area contributed by atoms with E-state index < -0.39 is 0 Å². The fraction of sp³-hybridized carbons (Fsp3) is 0.357. The van der Waals surface area contributed by atoms with E-state index in [9.17, 15) is 0 Å². The van der Waals surface area contributed by atoms with Gasteiger partial charge in [0.25, 0.3) is 0 Å². The lowest BCUT2D eigenvalue weighted by Crippen LogP contribution is -2.11. The van der Waals surface area contributed by atoms with E-state index >= 15 is 0 Å². The van der Waals surface area contributed by atoms with Gasteiger partial charge >= 0.3 is 0 Å². The van der Waals surface area contributed by atoms with Crippen LogP contribution in [0.4, 0.5) is 5.95 Å². The lowest BCUT2D eigenvalue weighted by atomic mass is 10.3. The molecule has 0 unspecified atom stereocenters. The fourth-order valence-electron chi connectivity index (χ4n) is 2.31. The summed E-state index contributed by atoms with van der Waals surface area (Å²) in [5, 5.41) is 16.0. The van der Waals surface area contributed by atoms with E-state index in [1.54, 1.807) is 9.25 Å². The third-order valence-corrected chi connectivity index (χ3v) is 3.31. The molecule has 0 radical (unpaired) electrons. The number of aromatic nitrogens is 7. The van der Waals surface area contributed by atoms with Gasteiger partial charge in [0.15, 0.2) is 11.5 Å². The molecule has 0 fully saturated rings. The summed E-state index contributed by atoms with van der Waals surface area (Å²) < 4.78 is 14.2. The zero-order valence-corrected chi connectivity index (χ0v) is 13.9. The molecule has 0 aliphatic carbocycles. The summed E-state index contributed by atoms with van der Waals surface area (Å²) in [4.78, 5) is 8.32. The molecule has 0 bridgehead atoms. The van der Waals surface area contributed by atoms with Gasteiger partial charge in [0.2, 0.25) is 17.7 Å². The maximum atomic E-state index is 5.38. The highest BCUT2D eigenvalue weighted by atomic mass is 16.5. The Labute approximate surface area is 138 Å². The first-order valence-electron chi connectivity index (χ1n) is 7.32. The van der Waals surface area contributed by atoms with Gasteiger partial charge in [-0.15, -0.1) is 10.2 Å². The number of methoxy groups -OCH3 is 2. The van der Waals surface area contributed by atoms with E-state index in [1.807, 2.05) is 26.2 Å². The predicted molar refractivity (Wildman–Crippen MR) is 86.4 cm³/mol. The number of rotatable bonds is 6. The van der Waals surface area contributed by atoms with Crippen molar-refractivity contribution in [2.24, 2.45) is 7.05 Å². The van der Waals surface area contributed by atoms with Crippen molar-refractivity contribution in [1.82, 2.24) is 34.5 Å². The summed E-state index contributed by atoms with van der Waals surface area (Å²) in [5.74, 6) is 1.73. The molecule has 0 saturated heterocycles. The Kier molecular flexibility index (Phi) is 4.27. The molecule has 24 heavy (non-hydrogen) atoms. The molecular weight excluding hydrogens is 312 g/mol. The van der Waals surface area contributed by atoms with Crippen molar-refractivity contribution in [3.8, 4) is 29.0 Å². The molecule has 3 aromatic heterocycles. The first-order chi connectivity index (χ1) is 11.7. The molecule has 0 amide bonds. The number of anilines is 1. The van der Waals surface area contributed by atoms with E-state index in [1.165, 1.54) is 20.5 Å². The average molecular weight is 330 g/mol. The van der Waals surface area contributed by atoms with Gasteiger partial charge in [-0.1, -0.05) is 0 Å². The van der Waals surface area contributed by atoms with Crippen LogP contribution in [0, 0.1) is 0 Å². The summed E-state index contributed by atoms with van der Waals surface area (Å²) in [7, 11) is 4.90. The number of nitrogens with zero attached hydrogens (tertiary/aromatic N) is 7. The normalized spacial score (nSPS) is 10.7. The van der Waals surface area contributed by atoms with Gasteiger partial charge in [-0.05, 0) is 13.0 Å². The maximum absolute atomic E-state index is 5.38. The zero-order valence-electron chi connectivity index (χ0n) is 13.9. The molecule has 0 atom stereocenters. The monoisotopic (exact) mass is 330 g/mol. The summed E-state index contributed by atoms with van der Waals surface area (Å²) in [6, 6.07) is 1.85. The van der Waals surface area contributed by atoms with Gasteiger partial charge in [0.1, 0.15) is 12.0 Å². The minimum absolute atomic E-state index is 0.345. The largest absolute Gasteiger partial charge is 0.479 e. The SMILES string of the molecule is CCNc1nnc(-c2ccn(C)n2)n1-c1c(OC)ncnc1OC. The number of hydrogen-bond donors (Lipinski definition) is 1. The van der Waals surface area contributed by atoms with Crippen molar-refractivity contribution in [2.75, 3.05) is 26.1 Å². The highest BCUT2D eigenvalue weighted by molar-refractivity contribution is 5.63. The molecule has 126 valence electrons. The number of nitrogens with one attached hydrogen (secondary N) is 1. The van der Waals surface area contributed by atoms with Gasteiger partial charge in [-0.2, -0.15) is 15.1 Å². The van der Waals surface area contributed by atoms with Gasteiger partial charge in [-0.3, -0.25) is 4.68 Å². The third kappa shape index (κ3) is 2.62. The van der Waals surface area contributed by atoms with E-state index in [0.717, 1.165) is 0 Å². The topological polar surface area (TPSA) is 105 Å².